The zero-order valence-electron chi connectivity index (χ0n) is 49.4. The van der Waals surface area contributed by atoms with Crippen LogP contribution in [0.25, 0.3) is 5.57 Å². The molecule has 1 aromatic carbocycles. The van der Waals surface area contributed by atoms with Gasteiger partial charge < -0.3 is 68.5 Å². The molecule has 0 bridgehead atoms. The second-order valence-corrected chi connectivity index (χ2v) is 23.7. The van der Waals surface area contributed by atoms with Crippen LogP contribution in [0.4, 0.5) is 4.39 Å². The van der Waals surface area contributed by atoms with Crippen molar-refractivity contribution < 1.29 is 67.9 Å². The first-order valence-corrected chi connectivity index (χ1v) is 27.9. The number of aliphatic hydroxyl groups excluding tert-OH is 3. The number of halogens is 1. The van der Waals surface area contributed by atoms with E-state index >= 15 is 0 Å². The van der Waals surface area contributed by atoms with Crippen molar-refractivity contribution in [1.29, 1.82) is 0 Å². The highest BCUT2D eigenvalue weighted by Gasteiger charge is 2.53. The largest absolute Gasteiger partial charge is 0.459 e. The van der Waals surface area contributed by atoms with E-state index < -0.39 is 127 Å². The van der Waals surface area contributed by atoms with Crippen LogP contribution in [0.2, 0.25) is 0 Å². The average Bonchev–Trinajstić information content (AvgIpc) is 3.89. The van der Waals surface area contributed by atoms with E-state index in [0.717, 1.165) is 22.3 Å². The number of carbonyl (C=O) groups is 1. The van der Waals surface area contributed by atoms with Crippen LogP contribution in [0.5, 0.6) is 0 Å². The molecule has 0 aliphatic carbocycles. The Morgan fingerprint density at radius 1 is 0.987 bits per heavy atom. The number of allylic oxidation sites excluding steroid dienone is 5. The predicted molar refractivity (Wildman–Crippen MR) is 296 cm³/mol. The summed E-state index contributed by atoms with van der Waals surface area (Å²) in [4.78, 5) is 18.5. The van der Waals surface area contributed by atoms with Gasteiger partial charge in [0.1, 0.15) is 48.8 Å². The maximum absolute atomic E-state index is 15.0. The molecule has 0 spiro atoms. The van der Waals surface area contributed by atoms with E-state index in [1.165, 1.54) is 18.7 Å². The highest BCUT2D eigenvalue weighted by molar-refractivity contribution is 5.75. The van der Waals surface area contributed by atoms with Gasteiger partial charge in [-0.15, -0.1) is 5.10 Å². The third-order valence-electron chi connectivity index (χ3n) is 16.9. The number of ether oxygens (including phenoxy) is 7. The van der Waals surface area contributed by atoms with Gasteiger partial charge in [0.2, 0.25) is 0 Å². The van der Waals surface area contributed by atoms with Crippen LogP contribution in [-0.2, 0) is 44.4 Å². The lowest BCUT2D eigenvalue weighted by molar-refractivity contribution is -0.318. The Labute approximate surface area is 463 Å². The number of benzene rings is 1. The zero-order valence-corrected chi connectivity index (χ0v) is 49.4. The number of methoxy groups -OCH3 is 2. The SMILES string of the molecule is C=C/C(=C\C=C(C)C)c1ccc([C@@H](OC)[C@@H](CF)n2cc(CCN(C)[C@H]3C[C@@H](C)O[C@@H](O[C@@H]4[C@@H](C)[C@H](O[C@H]5C[C@@](C)(OC)[C@@H](O)[C@H](C)O5)[C@@H](C)C(=O)O[C@H](CC)[C@@](C)(O)[C@H](O)[C@@H](C)N(C)C[C@H](C)C[C@@]4(C)O)[C@@H]3O)nn2)cc1. The summed E-state index contributed by atoms with van der Waals surface area (Å²) in [6, 6.07) is 5.88. The molecule has 5 rings (SSSR count). The zero-order chi connectivity index (χ0) is 58.2. The first-order chi connectivity index (χ1) is 36.6. The molecular weight excluding hydrogens is 1010 g/mol. The molecule has 19 heteroatoms. The molecule has 1 aromatic heterocycles. The molecular formula is C59H96FN5O13. The molecule has 0 radical (unpaired) electrons. The van der Waals surface area contributed by atoms with Gasteiger partial charge in [0.05, 0.1) is 47.2 Å². The number of cyclic esters (lactones) is 1. The number of carbonyl (C=O) groups excluding carboxylic acids is 1. The minimum absolute atomic E-state index is 0.0828. The molecule has 3 fully saturated rings. The van der Waals surface area contributed by atoms with Gasteiger partial charge in [-0.05, 0) is 118 Å². The quantitative estimate of drug-likeness (QED) is 0.0791. The molecule has 3 aliphatic heterocycles. The van der Waals surface area contributed by atoms with Crippen molar-refractivity contribution in [3.05, 3.63) is 77.7 Å². The van der Waals surface area contributed by atoms with E-state index in [-0.39, 0.29) is 25.2 Å². The molecule has 442 valence electrons. The number of likely N-dealkylation sites (N-methyl/N-ethyl adjacent to an activating group) is 2. The van der Waals surface area contributed by atoms with Gasteiger partial charge in [-0.1, -0.05) is 80.6 Å². The fourth-order valence-corrected chi connectivity index (χ4v) is 11.9. The second-order valence-electron chi connectivity index (χ2n) is 23.7. The summed E-state index contributed by atoms with van der Waals surface area (Å²) in [5.41, 5.74) is -0.129. The van der Waals surface area contributed by atoms with Crippen molar-refractivity contribution in [3.63, 3.8) is 0 Å². The normalized spacial score (nSPS) is 38.0. The lowest BCUT2D eigenvalue weighted by Gasteiger charge is -2.49. The fourth-order valence-electron chi connectivity index (χ4n) is 11.9. The van der Waals surface area contributed by atoms with Crippen molar-refractivity contribution >= 4 is 11.5 Å². The molecule has 0 amide bonds. The summed E-state index contributed by atoms with van der Waals surface area (Å²) in [7, 11) is 6.76. The molecule has 20 atom stereocenters. The average molecular weight is 1100 g/mol. The molecule has 5 N–H and O–H groups in total. The molecule has 4 heterocycles. The molecule has 18 nitrogen and oxygen atoms in total. The van der Waals surface area contributed by atoms with Crippen LogP contribution in [0.15, 0.2) is 60.8 Å². The number of hydrogen-bond donors (Lipinski definition) is 5. The van der Waals surface area contributed by atoms with Crippen molar-refractivity contribution in [2.45, 2.75) is 218 Å². The summed E-state index contributed by atoms with van der Waals surface area (Å²) in [6.45, 7) is 25.5. The van der Waals surface area contributed by atoms with E-state index in [1.807, 2.05) is 88.0 Å². The number of nitrogens with zero attached hydrogens (tertiary/aromatic N) is 5. The van der Waals surface area contributed by atoms with E-state index in [9.17, 15) is 34.7 Å². The summed E-state index contributed by atoms with van der Waals surface area (Å²) in [6.07, 6.45) is -2.19. The van der Waals surface area contributed by atoms with Gasteiger partial charge in [-0.2, -0.15) is 0 Å². The molecule has 78 heavy (non-hydrogen) atoms. The van der Waals surface area contributed by atoms with E-state index in [0.29, 0.717) is 31.6 Å². The molecule has 3 aliphatic rings. The molecule has 0 saturated carbocycles. The van der Waals surface area contributed by atoms with Crippen LogP contribution in [0.1, 0.15) is 138 Å². The third kappa shape index (κ3) is 15.5. The maximum Gasteiger partial charge on any atom is 0.311 e. The Bertz CT molecular complexity index is 2280. The molecule has 0 unspecified atom stereocenters. The van der Waals surface area contributed by atoms with Crippen molar-refractivity contribution in [3.8, 4) is 0 Å². The van der Waals surface area contributed by atoms with Gasteiger partial charge in [0.15, 0.2) is 12.6 Å². The minimum atomic E-state index is -1.85. The van der Waals surface area contributed by atoms with E-state index in [2.05, 4.69) is 16.9 Å². The maximum atomic E-state index is 15.0. The number of aromatic nitrogens is 3. The van der Waals surface area contributed by atoms with Gasteiger partial charge >= 0.3 is 5.97 Å². The Hall–Kier alpha value is -3.54. The lowest BCUT2D eigenvalue weighted by atomic mass is 9.77. The van der Waals surface area contributed by atoms with Crippen LogP contribution < -0.4 is 0 Å². The predicted octanol–water partition coefficient (Wildman–Crippen LogP) is 6.54. The van der Waals surface area contributed by atoms with Crippen molar-refractivity contribution in [2.75, 3.05) is 48.1 Å². The Balaban J connectivity index is 1.42. The highest BCUT2D eigenvalue weighted by atomic mass is 19.1. The number of rotatable bonds is 18. The van der Waals surface area contributed by atoms with Gasteiger partial charge in [0, 0.05) is 64.3 Å². The van der Waals surface area contributed by atoms with Gasteiger partial charge in [-0.3, -0.25) is 4.79 Å². The standard InChI is InChI=1S/C59H96FN5O13/c1-18-41(21-20-34(3)4)42-22-24-43(25-23-42)51(72-16)46(31-60)65-33-44(61-62-65)26-27-63(14)45-28-36(6)74-56(49(45)66)78-54-37(7)50(77-48-30-58(12,73-17)53(68)40(10)75-48)38(8)55(69)76-47(19-2)59(13,71)52(67)39(9)64(15)32-35(5)29-57(54,11)70/h18,20-25,33,35-40,45-54,56,66-68,70-71H,1,19,26-32H2,2-17H3/b41-21+/t35-,36-,37+,38-,39-,40+,45+,46-,47-,48+,49-,50+,51-,52-,53+,54-,56+,57-,58-,59-/m1/s1. The number of hydrogen-bond acceptors (Lipinski definition) is 17. The summed E-state index contributed by atoms with van der Waals surface area (Å²) < 4.78 is 60.8. The van der Waals surface area contributed by atoms with Crippen LogP contribution in [0.3, 0.4) is 0 Å². The minimum Gasteiger partial charge on any atom is -0.459 e. The lowest BCUT2D eigenvalue weighted by Crippen LogP contribution is -2.61. The van der Waals surface area contributed by atoms with E-state index in [1.54, 1.807) is 67.8 Å². The number of aliphatic hydroxyl groups is 5. The topological polar surface area (TPSA) is 220 Å². The number of alkyl halides is 1. The van der Waals surface area contributed by atoms with Gasteiger partial charge in [0.25, 0.3) is 0 Å². The van der Waals surface area contributed by atoms with Crippen LogP contribution in [-0.4, -0.2) is 195 Å². The Morgan fingerprint density at radius 2 is 1.65 bits per heavy atom. The highest BCUT2D eigenvalue weighted by Crippen LogP contribution is 2.41. The molecule has 2 aromatic rings. The number of esters is 1. The van der Waals surface area contributed by atoms with E-state index in [4.69, 9.17) is 33.2 Å². The third-order valence-corrected chi connectivity index (χ3v) is 16.9. The van der Waals surface area contributed by atoms with Crippen LogP contribution in [0, 0.1) is 17.8 Å². The smallest absolute Gasteiger partial charge is 0.311 e. The van der Waals surface area contributed by atoms with Crippen molar-refractivity contribution in [1.82, 2.24) is 24.8 Å². The summed E-state index contributed by atoms with van der Waals surface area (Å²) in [5, 5.41) is 68.7. The summed E-state index contributed by atoms with van der Waals surface area (Å²) >= 11 is 0. The fraction of sp³-hybridized carbons (Fsp3) is 0.746. The second kappa shape index (κ2) is 28.0. The first-order valence-electron chi connectivity index (χ1n) is 27.9. The Kier molecular flexibility index (Phi) is 23.4. The van der Waals surface area contributed by atoms with Gasteiger partial charge in [-0.25, -0.2) is 9.07 Å². The first kappa shape index (κ1) is 65.3. The van der Waals surface area contributed by atoms with Crippen LogP contribution >= 0.6 is 0 Å². The monoisotopic (exact) mass is 1100 g/mol. The Morgan fingerprint density at radius 3 is 2.24 bits per heavy atom. The summed E-state index contributed by atoms with van der Waals surface area (Å²) in [5.74, 6) is -2.88. The molecule has 3 saturated heterocycles. The van der Waals surface area contributed by atoms with Crippen molar-refractivity contribution in [2.24, 2.45) is 17.8 Å².